The fraction of sp³-hybridized carbons (Fsp3) is 0.500. The summed E-state index contributed by atoms with van der Waals surface area (Å²) in [5, 5.41) is 3.16. The van der Waals surface area contributed by atoms with Crippen molar-refractivity contribution >= 4 is 27.3 Å². The van der Waals surface area contributed by atoms with Crippen LogP contribution < -0.4 is 10.0 Å². The van der Waals surface area contributed by atoms with Crippen LogP contribution in [0.15, 0.2) is 18.2 Å². The van der Waals surface area contributed by atoms with Crippen LogP contribution in [0, 0.1) is 5.82 Å². The van der Waals surface area contributed by atoms with E-state index in [-0.39, 0.29) is 16.5 Å². The predicted molar refractivity (Wildman–Crippen MR) is 76.6 cm³/mol. The van der Waals surface area contributed by atoms with E-state index in [2.05, 4.69) is 10.0 Å². The number of hydrogen-bond donors (Lipinski definition) is 2. The Labute approximate surface area is 118 Å². The van der Waals surface area contributed by atoms with Gasteiger partial charge in [-0.15, -0.1) is 0 Å². The molecule has 1 aromatic carbocycles. The van der Waals surface area contributed by atoms with Crippen molar-refractivity contribution in [2.24, 2.45) is 0 Å². The Morgan fingerprint density at radius 1 is 1.37 bits per heavy atom. The van der Waals surface area contributed by atoms with Gasteiger partial charge >= 0.3 is 0 Å². The summed E-state index contributed by atoms with van der Waals surface area (Å²) in [6.45, 7) is 4.54. The Balaban J connectivity index is 2.60. The van der Waals surface area contributed by atoms with Crippen LogP contribution in [0.1, 0.15) is 20.3 Å². The topological polar surface area (TPSA) is 58.2 Å². The van der Waals surface area contributed by atoms with Crippen LogP contribution in [-0.2, 0) is 10.0 Å². The molecule has 0 amide bonds. The van der Waals surface area contributed by atoms with Crippen LogP contribution in [0.25, 0.3) is 0 Å². The summed E-state index contributed by atoms with van der Waals surface area (Å²) in [4.78, 5) is 0. The maximum absolute atomic E-state index is 13.5. The Hall–Kier alpha value is -0.850. The zero-order valence-corrected chi connectivity index (χ0v) is 12.5. The SMILES string of the molecule is CC(C)NCCCS(=O)(=O)Nc1c(F)cccc1Cl. The molecule has 0 bridgehead atoms. The molecular formula is C12H18ClFN2O2S. The molecule has 108 valence electrons. The van der Waals surface area contributed by atoms with Crippen molar-refractivity contribution in [1.29, 1.82) is 0 Å². The van der Waals surface area contributed by atoms with Crippen LogP contribution >= 0.6 is 11.6 Å². The summed E-state index contributed by atoms with van der Waals surface area (Å²) in [6.07, 6.45) is 0.444. The Morgan fingerprint density at radius 3 is 2.63 bits per heavy atom. The van der Waals surface area contributed by atoms with Crippen molar-refractivity contribution in [2.75, 3.05) is 17.0 Å². The molecule has 0 aliphatic heterocycles. The average Bonchev–Trinajstić information content (AvgIpc) is 2.30. The third-order valence-corrected chi connectivity index (χ3v) is 4.02. The minimum Gasteiger partial charge on any atom is -0.314 e. The van der Waals surface area contributed by atoms with Gasteiger partial charge in [-0.2, -0.15) is 0 Å². The second kappa shape index (κ2) is 7.07. The smallest absolute Gasteiger partial charge is 0.232 e. The summed E-state index contributed by atoms with van der Waals surface area (Å²) in [6, 6.07) is 4.31. The first kappa shape index (κ1) is 16.2. The number of para-hydroxylation sites is 1. The molecule has 0 saturated heterocycles. The lowest BCUT2D eigenvalue weighted by molar-refractivity contribution is 0.570. The number of nitrogens with one attached hydrogen (secondary N) is 2. The summed E-state index contributed by atoms with van der Waals surface area (Å²) in [5.74, 6) is -0.770. The molecule has 0 atom stereocenters. The molecule has 0 saturated carbocycles. The van der Waals surface area contributed by atoms with E-state index >= 15 is 0 Å². The maximum atomic E-state index is 13.5. The molecule has 1 rings (SSSR count). The van der Waals surface area contributed by atoms with Crippen LogP contribution in [0.2, 0.25) is 5.02 Å². The number of sulfonamides is 1. The minimum atomic E-state index is -3.59. The van der Waals surface area contributed by atoms with Crippen molar-refractivity contribution in [2.45, 2.75) is 26.3 Å². The van der Waals surface area contributed by atoms with E-state index in [1.165, 1.54) is 12.1 Å². The van der Waals surface area contributed by atoms with Gasteiger partial charge in [-0.05, 0) is 25.1 Å². The molecule has 0 heterocycles. The molecule has 1 aromatic rings. The lowest BCUT2D eigenvalue weighted by Gasteiger charge is -2.11. The molecule has 7 heteroatoms. The molecule has 0 spiro atoms. The zero-order chi connectivity index (χ0) is 14.5. The van der Waals surface area contributed by atoms with Crippen molar-refractivity contribution in [3.05, 3.63) is 29.0 Å². The molecule has 0 unspecified atom stereocenters. The van der Waals surface area contributed by atoms with Gasteiger partial charge in [0.05, 0.1) is 10.8 Å². The highest BCUT2D eigenvalue weighted by atomic mass is 35.5. The maximum Gasteiger partial charge on any atom is 0.232 e. The Morgan fingerprint density at radius 2 is 2.05 bits per heavy atom. The molecule has 19 heavy (non-hydrogen) atoms. The first-order chi connectivity index (χ1) is 8.82. The summed E-state index contributed by atoms with van der Waals surface area (Å²) < 4.78 is 39.2. The summed E-state index contributed by atoms with van der Waals surface area (Å²) >= 11 is 5.76. The van der Waals surface area contributed by atoms with E-state index in [4.69, 9.17) is 11.6 Å². The number of halogens is 2. The van der Waals surface area contributed by atoms with Gasteiger partial charge in [-0.25, -0.2) is 12.8 Å². The van der Waals surface area contributed by atoms with Gasteiger partial charge in [0.15, 0.2) is 0 Å². The van der Waals surface area contributed by atoms with Gasteiger partial charge < -0.3 is 5.32 Å². The van der Waals surface area contributed by atoms with Gasteiger partial charge in [0.25, 0.3) is 0 Å². The number of rotatable bonds is 7. The Bertz CT molecular complexity index is 500. The fourth-order valence-electron chi connectivity index (χ4n) is 1.45. The van der Waals surface area contributed by atoms with E-state index in [0.29, 0.717) is 19.0 Å². The van der Waals surface area contributed by atoms with E-state index in [9.17, 15) is 12.8 Å². The normalized spacial score (nSPS) is 11.8. The molecular weight excluding hydrogens is 291 g/mol. The van der Waals surface area contributed by atoms with Gasteiger partial charge in [0.1, 0.15) is 11.5 Å². The van der Waals surface area contributed by atoms with Crippen LogP contribution in [0.4, 0.5) is 10.1 Å². The van der Waals surface area contributed by atoms with Crippen molar-refractivity contribution in [3.8, 4) is 0 Å². The van der Waals surface area contributed by atoms with Crippen molar-refractivity contribution < 1.29 is 12.8 Å². The highest BCUT2D eigenvalue weighted by Gasteiger charge is 2.15. The second-order valence-electron chi connectivity index (χ2n) is 4.48. The van der Waals surface area contributed by atoms with E-state index in [0.717, 1.165) is 6.07 Å². The predicted octanol–water partition coefficient (Wildman–Crippen LogP) is 2.61. The average molecular weight is 309 g/mol. The van der Waals surface area contributed by atoms with Crippen LogP contribution in [0.3, 0.4) is 0 Å². The summed E-state index contributed by atoms with van der Waals surface area (Å²) in [7, 11) is -3.59. The highest BCUT2D eigenvalue weighted by Crippen LogP contribution is 2.25. The standard InChI is InChI=1S/C12H18ClFN2O2S/c1-9(2)15-7-4-8-19(17,18)16-12-10(13)5-3-6-11(12)14/h3,5-6,9,15-16H,4,7-8H2,1-2H3. The lowest BCUT2D eigenvalue weighted by Crippen LogP contribution is -2.26. The van der Waals surface area contributed by atoms with E-state index < -0.39 is 15.8 Å². The first-order valence-electron chi connectivity index (χ1n) is 6.00. The van der Waals surface area contributed by atoms with E-state index in [1.54, 1.807) is 0 Å². The number of benzene rings is 1. The van der Waals surface area contributed by atoms with Gasteiger partial charge in [0.2, 0.25) is 10.0 Å². The molecule has 0 radical (unpaired) electrons. The first-order valence-corrected chi connectivity index (χ1v) is 8.03. The van der Waals surface area contributed by atoms with Gasteiger partial charge in [-0.3, -0.25) is 4.72 Å². The third-order valence-electron chi connectivity index (χ3n) is 2.36. The minimum absolute atomic E-state index is 0.0453. The fourth-order valence-corrected chi connectivity index (χ4v) is 2.87. The molecule has 0 aliphatic carbocycles. The van der Waals surface area contributed by atoms with Crippen molar-refractivity contribution in [1.82, 2.24) is 5.32 Å². The Kier molecular flexibility index (Phi) is 6.03. The van der Waals surface area contributed by atoms with Gasteiger partial charge in [0, 0.05) is 6.04 Å². The zero-order valence-electron chi connectivity index (χ0n) is 10.9. The lowest BCUT2D eigenvalue weighted by atomic mass is 10.3. The highest BCUT2D eigenvalue weighted by molar-refractivity contribution is 7.92. The monoisotopic (exact) mass is 308 g/mol. The van der Waals surface area contributed by atoms with Gasteiger partial charge in [-0.1, -0.05) is 31.5 Å². The van der Waals surface area contributed by atoms with Crippen LogP contribution in [-0.4, -0.2) is 26.8 Å². The number of anilines is 1. The molecule has 0 aromatic heterocycles. The van der Waals surface area contributed by atoms with Crippen LogP contribution in [0.5, 0.6) is 0 Å². The third kappa shape index (κ3) is 5.76. The molecule has 0 fully saturated rings. The second-order valence-corrected chi connectivity index (χ2v) is 6.73. The van der Waals surface area contributed by atoms with Crippen molar-refractivity contribution in [3.63, 3.8) is 0 Å². The van der Waals surface area contributed by atoms with E-state index in [1.807, 2.05) is 13.8 Å². The number of hydrogen-bond acceptors (Lipinski definition) is 3. The molecule has 0 aliphatic rings. The molecule has 2 N–H and O–H groups in total. The summed E-state index contributed by atoms with van der Waals surface area (Å²) in [5.41, 5.74) is -0.194. The quantitative estimate of drug-likeness (QED) is 0.761. The molecule has 4 nitrogen and oxygen atoms in total. The largest absolute Gasteiger partial charge is 0.314 e.